The lowest BCUT2D eigenvalue weighted by molar-refractivity contribution is -0.117. The highest BCUT2D eigenvalue weighted by molar-refractivity contribution is 5.96. The van der Waals surface area contributed by atoms with E-state index in [2.05, 4.69) is 51.1 Å². The van der Waals surface area contributed by atoms with Crippen LogP contribution in [0.15, 0.2) is 40.9 Å². The molecule has 1 aliphatic carbocycles. The summed E-state index contributed by atoms with van der Waals surface area (Å²) in [6.07, 6.45) is 5.19. The Morgan fingerprint density at radius 1 is 1.03 bits per heavy atom. The van der Waals surface area contributed by atoms with E-state index in [0.717, 1.165) is 35.1 Å². The van der Waals surface area contributed by atoms with Gasteiger partial charge in [-0.15, -0.1) is 5.10 Å². The molecule has 0 radical (unpaired) electrons. The van der Waals surface area contributed by atoms with Gasteiger partial charge in [-0.1, -0.05) is 29.3 Å². The van der Waals surface area contributed by atoms with E-state index in [0.29, 0.717) is 30.7 Å². The SMILES string of the molecule is Cc1ccc(N2C[C@H](c3nc(-c4ccc5c(c4)nnn5C4CCCC4)no3)CC2=O)cc1C. The van der Waals surface area contributed by atoms with Crippen molar-refractivity contribution in [2.24, 2.45) is 0 Å². The van der Waals surface area contributed by atoms with Crippen LogP contribution in [0.1, 0.15) is 61.1 Å². The van der Waals surface area contributed by atoms with Crippen LogP contribution < -0.4 is 4.90 Å². The van der Waals surface area contributed by atoms with E-state index >= 15 is 0 Å². The number of aromatic nitrogens is 5. The minimum atomic E-state index is -0.118. The first-order valence-electron chi connectivity index (χ1n) is 11.6. The van der Waals surface area contributed by atoms with Gasteiger partial charge < -0.3 is 9.42 Å². The van der Waals surface area contributed by atoms with E-state index in [4.69, 9.17) is 4.52 Å². The van der Waals surface area contributed by atoms with Crippen LogP contribution in [0.3, 0.4) is 0 Å². The number of benzene rings is 2. The van der Waals surface area contributed by atoms with Crippen LogP contribution in [0.2, 0.25) is 0 Å². The topological polar surface area (TPSA) is 89.9 Å². The number of anilines is 1. The Labute approximate surface area is 191 Å². The molecule has 2 aromatic carbocycles. The number of hydrogen-bond donors (Lipinski definition) is 0. The zero-order valence-electron chi connectivity index (χ0n) is 18.9. The van der Waals surface area contributed by atoms with Crippen LogP contribution in [0, 0.1) is 13.8 Å². The lowest BCUT2D eigenvalue weighted by Gasteiger charge is -2.17. The largest absolute Gasteiger partial charge is 0.339 e. The zero-order chi connectivity index (χ0) is 22.5. The van der Waals surface area contributed by atoms with E-state index in [1.54, 1.807) is 0 Å². The van der Waals surface area contributed by atoms with Crippen molar-refractivity contribution in [3.8, 4) is 11.4 Å². The van der Waals surface area contributed by atoms with Crippen molar-refractivity contribution in [1.82, 2.24) is 25.1 Å². The number of fused-ring (bicyclic) bond motifs is 1. The van der Waals surface area contributed by atoms with Crippen LogP contribution in [-0.2, 0) is 4.79 Å². The average Bonchev–Trinajstić information content (AvgIpc) is 3.60. The first kappa shape index (κ1) is 20.1. The number of hydrogen-bond acceptors (Lipinski definition) is 6. The van der Waals surface area contributed by atoms with Gasteiger partial charge in [-0.25, -0.2) is 4.68 Å². The predicted molar refractivity (Wildman–Crippen MR) is 124 cm³/mol. The van der Waals surface area contributed by atoms with E-state index in [1.807, 2.05) is 29.2 Å². The number of carbonyl (C=O) groups excluding carboxylic acids is 1. The summed E-state index contributed by atoms with van der Waals surface area (Å²) in [5.74, 6) is 0.971. The quantitative estimate of drug-likeness (QED) is 0.454. The summed E-state index contributed by atoms with van der Waals surface area (Å²) in [7, 11) is 0. The monoisotopic (exact) mass is 442 g/mol. The van der Waals surface area contributed by atoms with Gasteiger partial charge in [0, 0.05) is 24.2 Å². The van der Waals surface area contributed by atoms with Gasteiger partial charge in [0.1, 0.15) is 5.52 Å². The second-order valence-corrected chi connectivity index (χ2v) is 9.31. The van der Waals surface area contributed by atoms with Gasteiger partial charge >= 0.3 is 0 Å². The Balaban J connectivity index is 1.23. The molecule has 1 aliphatic heterocycles. The summed E-state index contributed by atoms with van der Waals surface area (Å²) in [4.78, 5) is 19.2. The molecule has 168 valence electrons. The molecule has 6 rings (SSSR count). The molecule has 0 spiro atoms. The van der Waals surface area contributed by atoms with Crippen molar-refractivity contribution in [2.45, 2.75) is 57.9 Å². The molecule has 33 heavy (non-hydrogen) atoms. The van der Waals surface area contributed by atoms with Gasteiger partial charge in [0.05, 0.1) is 17.5 Å². The maximum Gasteiger partial charge on any atom is 0.232 e. The molecule has 0 N–H and O–H groups in total. The summed E-state index contributed by atoms with van der Waals surface area (Å²) >= 11 is 0. The maximum atomic E-state index is 12.7. The number of rotatable bonds is 4. The summed E-state index contributed by atoms with van der Waals surface area (Å²) in [6.45, 7) is 4.67. The molecule has 1 saturated heterocycles. The number of nitrogens with zero attached hydrogens (tertiary/aromatic N) is 6. The Kier molecular flexibility index (Phi) is 4.74. The predicted octanol–water partition coefficient (Wildman–Crippen LogP) is 4.73. The smallest absolute Gasteiger partial charge is 0.232 e. The molecule has 0 unspecified atom stereocenters. The van der Waals surface area contributed by atoms with Crippen molar-refractivity contribution in [3.05, 3.63) is 53.4 Å². The third-order valence-corrected chi connectivity index (χ3v) is 7.12. The summed E-state index contributed by atoms with van der Waals surface area (Å²) in [5.41, 5.74) is 6.02. The molecule has 1 atom stereocenters. The minimum Gasteiger partial charge on any atom is -0.339 e. The normalized spacial score (nSPS) is 19.3. The van der Waals surface area contributed by atoms with Gasteiger partial charge in [0.15, 0.2) is 0 Å². The lowest BCUT2D eigenvalue weighted by atomic mass is 10.1. The minimum absolute atomic E-state index is 0.0768. The highest BCUT2D eigenvalue weighted by Gasteiger charge is 2.35. The molecular formula is C25H26N6O2. The Hall–Kier alpha value is -3.55. The molecule has 2 aromatic heterocycles. The third-order valence-electron chi connectivity index (χ3n) is 7.12. The molecule has 2 fully saturated rings. The Morgan fingerprint density at radius 2 is 1.88 bits per heavy atom. The highest BCUT2D eigenvalue weighted by atomic mass is 16.5. The van der Waals surface area contributed by atoms with Crippen LogP contribution in [0.5, 0.6) is 0 Å². The second-order valence-electron chi connectivity index (χ2n) is 9.31. The van der Waals surface area contributed by atoms with Crippen LogP contribution in [0.25, 0.3) is 22.4 Å². The molecule has 0 bridgehead atoms. The second kappa shape index (κ2) is 7.79. The molecule has 2 aliphatic rings. The molecule has 4 aromatic rings. The van der Waals surface area contributed by atoms with Crippen LogP contribution in [-0.4, -0.2) is 37.6 Å². The molecule has 3 heterocycles. The molecule has 1 saturated carbocycles. The fraction of sp³-hybridized carbons (Fsp3) is 0.400. The summed E-state index contributed by atoms with van der Waals surface area (Å²) in [6, 6.07) is 12.5. The molecule has 1 amide bonds. The van der Waals surface area contributed by atoms with Crippen molar-refractivity contribution < 1.29 is 9.32 Å². The van der Waals surface area contributed by atoms with E-state index in [1.165, 1.54) is 24.0 Å². The Morgan fingerprint density at radius 3 is 2.70 bits per heavy atom. The van der Waals surface area contributed by atoms with Crippen molar-refractivity contribution in [3.63, 3.8) is 0 Å². The lowest BCUT2D eigenvalue weighted by Crippen LogP contribution is -2.24. The molecule has 8 nitrogen and oxygen atoms in total. The zero-order valence-corrected chi connectivity index (χ0v) is 18.9. The highest BCUT2D eigenvalue weighted by Crippen LogP contribution is 2.34. The fourth-order valence-electron chi connectivity index (χ4n) is 5.03. The number of aryl methyl sites for hydroxylation is 2. The van der Waals surface area contributed by atoms with Crippen molar-refractivity contribution >= 4 is 22.6 Å². The van der Waals surface area contributed by atoms with Crippen molar-refractivity contribution in [2.75, 3.05) is 11.4 Å². The standard InChI is InChI=1S/C25H26N6O2/c1-15-7-9-20(11-16(15)2)30-14-18(13-23(30)32)25-26-24(28-33-25)17-8-10-22-21(12-17)27-29-31(22)19-5-3-4-6-19/h7-12,18-19H,3-6,13-14H2,1-2H3/t18-/m1/s1. The van der Waals surface area contributed by atoms with E-state index < -0.39 is 0 Å². The van der Waals surface area contributed by atoms with Gasteiger partial charge in [0.25, 0.3) is 0 Å². The van der Waals surface area contributed by atoms with Gasteiger partial charge in [-0.2, -0.15) is 4.98 Å². The summed E-state index contributed by atoms with van der Waals surface area (Å²) < 4.78 is 7.65. The van der Waals surface area contributed by atoms with Crippen LogP contribution in [0.4, 0.5) is 5.69 Å². The van der Waals surface area contributed by atoms with E-state index in [-0.39, 0.29) is 11.8 Å². The first-order valence-corrected chi connectivity index (χ1v) is 11.6. The number of amides is 1. The first-order chi connectivity index (χ1) is 16.1. The Bertz CT molecular complexity index is 1350. The summed E-state index contributed by atoms with van der Waals surface area (Å²) in [5, 5.41) is 13.0. The molecular weight excluding hydrogens is 416 g/mol. The fourth-order valence-corrected chi connectivity index (χ4v) is 5.03. The third kappa shape index (κ3) is 3.50. The van der Waals surface area contributed by atoms with Crippen LogP contribution >= 0.6 is 0 Å². The van der Waals surface area contributed by atoms with E-state index in [9.17, 15) is 4.79 Å². The average molecular weight is 443 g/mol. The number of carbonyl (C=O) groups is 1. The van der Waals surface area contributed by atoms with Gasteiger partial charge in [-0.05, 0) is 68.1 Å². The maximum absolute atomic E-state index is 12.7. The van der Waals surface area contributed by atoms with Gasteiger partial charge in [0.2, 0.25) is 17.6 Å². The van der Waals surface area contributed by atoms with Gasteiger partial charge in [-0.3, -0.25) is 4.79 Å². The van der Waals surface area contributed by atoms with Crippen molar-refractivity contribution in [1.29, 1.82) is 0 Å². The molecule has 8 heteroatoms.